The predicted octanol–water partition coefficient (Wildman–Crippen LogP) is 2.73. The molecule has 0 saturated heterocycles. The van der Waals surface area contributed by atoms with E-state index in [-0.39, 0.29) is 24.2 Å². The van der Waals surface area contributed by atoms with Gasteiger partial charge in [-0.15, -0.1) is 12.4 Å². The van der Waals surface area contributed by atoms with Crippen molar-refractivity contribution in [2.45, 2.75) is 25.9 Å². The second-order valence-corrected chi connectivity index (χ2v) is 6.55. The number of nitrogens with two attached hydrogens (primary N) is 1. The Labute approximate surface area is 167 Å². The van der Waals surface area contributed by atoms with Gasteiger partial charge in [0.2, 0.25) is 5.91 Å². The zero-order valence-electron chi connectivity index (χ0n) is 16.1. The molecule has 0 unspecified atom stereocenters. The van der Waals surface area contributed by atoms with Gasteiger partial charge in [0, 0.05) is 32.7 Å². The topological polar surface area (TPSA) is 66.6 Å². The molecule has 0 aliphatic carbocycles. The quantitative estimate of drug-likeness (QED) is 0.791. The van der Waals surface area contributed by atoms with E-state index in [1.807, 2.05) is 49.4 Å². The first-order valence-corrected chi connectivity index (χ1v) is 8.81. The van der Waals surface area contributed by atoms with Crippen molar-refractivity contribution in [1.29, 1.82) is 0 Å². The molecular formula is C21H28ClN3O2. The van der Waals surface area contributed by atoms with Gasteiger partial charge in [-0.05, 0) is 36.6 Å². The number of hydrogen-bond acceptors (Lipinski definition) is 3. The van der Waals surface area contributed by atoms with Crippen molar-refractivity contribution in [2.75, 3.05) is 20.6 Å². The molecule has 2 aromatic rings. The molecule has 0 aliphatic rings. The van der Waals surface area contributed by atoms with E-state index in [4.69, 9.17) is 5.73 Å². The molecule has 6 heteroatoms. The van der Waals surface area contributed by atoms with E-state index in [2.05, 4.69) is 0 Å². The lowest BCUT2D eigenvalue weighted by atomic mass is 10.0. The van der Waals surface area contributed by atoms with E-state index < -0.39 is 6.04 Å². The third-order valence-corrected chi connectivity index (χ3v) is 4.29. The molecule has 0 saturated carbocycles. The average molecular weight is 390 g/mol. The van der Waals surface area contributed by atoms with Gasteiger partial charge in [0.1, 0.15) is 0 Å². The lowest BCUT2D eigenvalue weighted by Crippen LogP contribution is -2.44. The van der Waals surface area contributed by atoms with Gasteiger partial charge in [-0.3, -0.25) is 9.59 Å². The van der Waals surface area contributed by atoms with Crippen LogP contribution in [0.3, 0.4) is 0 Å². The molecule has 2 N–H and O–H groups in total. The molecule has 2 rings (SSSR count). The number of halogens is 1. The molecule has 2 aromatic carbocycles. The summed E-state index contributed by atoms with van der Waals surface area (Å²) < 4.78 is 0. The van der Waals surface area contributed by atoms with E-state index in [0.717, 1.165) is 11.1 Å². The molecule has 146 valence electrons. The standard InChI is InChI=1S/C21H27N3O2.ClH/c1-4-24(21(26)19(22)14-16-8-6-5-7-9-16)15-17-10-12-18(13-11-17)20(25)23(2)3;/h5-13,19H,4,14-15,22H2,1-3H3;1H/t19-;/m0./s1. The van der Waals surface area contributed by atoms with Gasteiger partial charge in [-0.2, -0.15) is 0 Å². The number of amides is 2. The van der Waals surface area contributed by atoms with E-state index in [1.54, 1.807) is 36.0 Å². The van der Waals surface area contributed by atoms with E-state index in [1.165, 1.54) is 0 Å². The van der Waals surface area contributed by atoms with E-state index in [0.29, 0.717) is 25.1 Å². The third kappa shape index (κ3) is 6.38. The lowest BCUT2D eigenvalue weighted by Gasteiger charge is -2.24. The minimum absolute atomic E-state index is 0. The van der Waals surface area contributed by atoms with Crippen molar-refractivity contribution in [3.8, 4) is 0 Å². The third-order valence-electron chi connectivity index (χ3n) is 4.29. The van der Waals surface area contributed by atoms with E-state index in [9.17, 15) is 9.59 Å². The van der Waals surface area contributed by atoms with Crippen molar-refractivity contribution in [1.82, 2.24) is 9.80 Å². The fourth-order valence-corrected chi connectivity index (χ4v) is 2.77. The molecule has 1 atom stereocenters. The van der Waals surface area contributed by atoms with Crippen LogP contribution in [-0.2, 0) is 17.8 Å². The Hall–Kier alpha value is -2.37. The molecule has 0 spiro atoms. The molecule has 0 radical (unpaired) electrons. The minimum Gasteiger partial charge on any atom is -0.345 e. The molecule has 5 nitrogen and oxygen atoms in total. The van der Waals surface area contributed by atoms with Crippen LogP contribution < -0.4 is 5.73 Å². The highest BCUT2D eigenvalue weighted by atomic mass is 35.5. The van der Waals surface area contributed by atoms with Gasteiger partial charge < -0.3 is 15.5 Å². The maximum atomic E-state index is 12.7. The van der Waals surface area contributed by atoms with Crippen LogP contribution in [-0.4, -0.2) is 48.3 Å². The van der Waals surface area contributed by atoms with Crippen LogP contribution in [0.25, 0.3) is 0 Å². The van der Waals surface area contributed by atoms with E-state index >= 15 is 0 Å². The monoisotopic (exact) mass is 389 g/mol. The van der Waals surface area contributed by atoms with Crippen molar-refractivity contribution in [2.24, 2.45) is 5.73 Å². The number of carbonyl (C=O) groups excluding carboxylic acids is 2. The number of carbonyl (C=O) groups is 2. The van der Waals surface area contributed by atoms with Crippen molar-refractivity contribution in [3.63, 3.8) is 0 Å². The van der Waals surface area contributed by atoms with Crippen LogP contribution in [0.5, 0.6) is 0 Å². The Bertz CT molecular complexity index is 733. The summed E-state index contributed by atoms with van der Waals surface area (Å²) in [4.78, 5) is 27.9. The van der Waals surface area contributed by atoms with Crippen LogP contribution in [0.4, 0.5) is 0 Å². The zero-order chi connectivity index (χ0) is 19.1. The first-order valence-electron chi connectivity index (χ1n) is 8.81. The summed E-state index contributed by atoms with van der Waals surface area (Å²) in [5.74, 6) is -0.102. The van der Waals surface area contributed by atoms with Gasteiger partial charge in [0.05, 0.1) is 6.04 Å². The number of likely N-dealkylation sites (N-methyl/N-ethyl adjacent to an activating group) is 1. The fraction of sp³-hybridized carbons (Fsp3) is 0.333. The smallest absolute Gasteiger partial charge is 0.253 e. The number of hydrogen-bond donors (Lipinski definition) is 1. The summed E-state index contributed by atoms with van der Waals surface area (Å²) in [5.41, 5.74) is 8.79. The lowest BCUT2D eigenvalue weighted by molar-refractivity contribution is -0.133. The fourth-order valence-electron chi connectivity index (χ4n) is 2.77. The summed E-state index contributed by atoms with van der Waals surface area (Å²) in [5, 5.41) is 0. The number of nitrogens with zero attached hydrogens (tertiary/aromatic N) is 2. The molecule has 27 heavy (non-hydrogen) atoms. The molecule has 0 fully saturated rings. The van der Waals surface area contributed by atoms with Gasteiger partial charge >= 0.3 is 0 Å². The van der Waals surface area contributed by atoms with Crippen molar-refractivity contribution < 1.29 is 9.59 Å². The second kappa shape index (κ2) is 10.7. The number of rotatable bonds is 7. The Morgan fingerprint density at radius 2 is 1.56 bits per heavy atom. The Morgan fingerprint density at radius 1 is 0.963 bits per heavy atom. The predicted molar refractivity (Wildman–Crippen MR) is 111 cm³/mol. The average Bonchev–Trinajstić information content (AvgIpc) is 2.66. The van der Waals surface area contributed by atoms with Crippen molar-refractivity contribution in [3.05, 3.63) is 71.3 Å². The molecule has 0 aliphatic heterocycles. The van der Waals surface area contributed by atoms with Crippen LogP contribution >= 0.6 is 12.4 Å². The zero-order valence-corrected chi connectivity index (χ0v) is 16.9. The van der Waals surface area contributed by atoms with Crippen LogP contribution in [0.1, 0.15) is 28.4 Å². The highest BCUT2D eigenvalue weighted by Gasteiger charge is 2.20. The maximum absolute atomic E-state index is 12.7. The van der Waals surface area contributed by atoms with Crippen LogP contribution in [0, 0.1) is 0 Å². The summed E-state index contributed by atoms with van der Waals surface area (Å²) >= 11 is 0. The molecule has 0 aromatic heterocycles. The highest BCUT2D eigenvalue weighted by molar-refractivity contribution is 5.93. The normalized spacial score (nSPS) is 11.3. The maximum Gasteiger partial charge on any atom is 0.253 e. The summed E-state index contributed by atoms with van der Waals surface area (Å²) in [6.45, 7) is 3.00. The molecule has 0 heterocycles. The van der Waals surface area contributed by atoms with Crippen molar-refractivity contribution >= 4 is 24.2 Å². The minimum atomic E-state index is -0.563. The Kier molecular flexibility index (Phi) is 8.98. The molecule has 2 amide bonds. The van der Waals surface area contributed by atoms with Gasteiger partial charge in [-0.1, -0.05) is 42.5 Å². The summed E-state index contributed by atoms with van der Waals surface area (Å²) in [7, 11) is 3.45. The Balaban J connectivity index is 0.00000364. The summed E-state index contributed by atoms with van der Waals surface area (Å²) in [6, 6.07) is 16.6. The Morgan fingerprint density at radius 3 is 2.07 bits per heavy atom. The first-order chi connectivity index (χ1) is 12.4. The highest BCUT2D eigenvalue weighted by Crippen LogP contribution is 2.11. The van der Waals surface area contributed by atoms with Crippen LogP contribution in [0.15, 0.2) is 54.6 Å². The summed E-state index contributed by atoms with van der Waals surface area (Å²) in [6.07, 6.45) is 0.520. The van der Waals surface area contributed by atoms with Gasteiger partial charge in [0.15, 0.2) is 0 Å². The van der Waals surface area contributed by atoms with Gasteiger partial charge in [-0.25, -0.2) is 0 Å². The van der Waals surface area contributed by atoms with Crippen LogP contribution in [0.2, 0.25) is 0 Å². The first kappa shape index (κ1) is 22.7. The largest absolute Gasteiger partial charge is 0.345 e. The SMILES string of the molecule is CCN(Cc1ccc(C(=O)N(C)C)cc1)C(=O)[C@@H](N)Cc1ccccc1.Cl. The molecule has 0 bridgehead atoms. The van der Waals surface area contributed by atoms with Gasteiger partial charge in [0.25, 0.3) is 5.91 Å². The number of benzene rings is 2. The second-order valence-electron chi connectivity index (χ2n) is 6.55. The molecular weight excluding hydrogens is 362 g/mol.